The molecule has 2 N–H and O–H groups in total. The number of hydrogen-bond donors (Lipinski definition) is 2. The van der Waals surface area contributed by atoms with Crippen LogP contribution >= 0.6 is 0 Å². The summed E-state index contributed by atoms with van der Waals surface area (Å²) in [5.41, 5.74) is 0. The lowest BCUT2D eigenvalue weighted by molar-refractivity contribution is -0.141. The van der Waals surface area contributed by atoms with Crippen molar-refractivity contribution in [2.24, 2.45) is 0 Å². The van der Waals surface area contributed by atoms with Gasteiger partial charge in [-0.25, -0.2) is 0 Å². The zero-order chi connectivity index (χ0) is 21.0. The monoisotopic (exact) mass is 448 g/mol. The van der Waals surface area contributed by atoms with E-state index >= 15 is 0 Å². The molecule has 186 valence electrons. The Kier molecular flexibility index (Phi) is 30.3. The van der Waals surface area contributed by atoms with Crippen LogP contribution in [-0.4, -0.2) is 51.1 Å². The van der Waals surface area contributed by atoms with Crippen LogP contribution in [0.15, 0.2) is 0 Å². The minimum absolute atomic E-state index is 0. The average molecular weight is 449 g/mol. The minimum atomic E-state index is -0.241. The molecular formula is C23H48N2O6. The molecule has 0 rings (SSSR count). The molecule has 0 atom stereocenters. The van der Waals surface area contributed by atoms with Crippen molar-refractivity contribution in [2.45, 2.75) is 99.3 Å². The second-order valence-electron chi connectivity index (χ2n) is 6.68. The molecule has 0 aliphatic heterocycles. The van der Waals surface area contributed by atoms with Crippen LogP contribution in [0.25, 0.3) is 0 Å². The van der Waals surface area contributed by atoms with Crippen molar-refractivity contribution in [1.29, 1.82) is 0 Å². The van der Waals surface area contributed by atoms with Gasteiger partial charge in [-0.15, -0.1) is 0 Å². The average Bonchev–Trinajstić information content (AvgIpc) is 2.69. The van der Waals surface area contributed by atoms with Crippen molar-refractivity contribution < 1.29 is 28.7 Å². The number of ether oxygens (including phenoxy) is 2. The normalized spacial score (nSPS) is 9.23. The lowest BCUT2D eigenvalue weighted by Gasteiger charge is -2.06. The van der Waals surface area contributed by atoms with Gasteiger partial charge in [0.1, 0.15) is 0 Å². The van der Waals surface area contributed by atoms with Gasteiger partial charge in [0.15, 0.2) is 0 Å². The summed E-state index contributed by atoms with van der Waals surface area (Å²) >= 11 is 0. The fourth-order valence-corrected chi connectivity index (χ4v) is 2.55. The topological polar surface area (TPSA) is 111 Å². The zero-order valence-electron chi connectivity index (χ0n) is 17.3. The van der Waals surface area contributed by atoms with E-state index in [2.05, 4.69) is 20.1 Å². The second kappa shape index (κ2) is 25.9. The number of carbonyl (C=O) groups excluding carboxylic acids is 4. The van der Waals surface area contributed by atoms with E-state index in [1.807, 2.05) is 0 Å². The highest BCUT2D eigenvalue weighted by atomic mass is 16.5. The lowest BCUT2D eigenvalue weighted by atomic mass is 10.1. The molecule has 31 heavy (non-hydrogen) atoms. The van der Waals surface area contributed by atoms with Gasteiger partial charge in [0, 0.05) is 38.8 Å². The van der Waals surface area contributed by atoms with E-state index in [1.54, 1.807) is 0 Å². The molecule has 0 aliphatic carbocycles. The number of esters is 2. The molecule has 0 spiro atoms. The van der Waals surface area contributed by atoms with E-state index in [9.17, 15) is 19.2 Å². The van der Waals surface area contributed by atoms with Crippen molar-refractivity contribution in [3.05, 3.63) is 0 Å². The molecule has 0 fully saturated rings. The summed E-state index contributed by atoms with van der Waals surface area (Å²) in [4.78, 5) is 45.1. The van der Waals surface area contributed by atoms with E-state index in [-0.39, 0.29) is 46.0 Å². The lowest BCUT2D eigenvalue weighted by Crippen LogP contribution is -2.25. The summed E-state index contributed by atoms with van der Waals surface area (Å²) in [6.07, 6.45) is 8.09. The van der Waals surface area contributed by atoms with Crippen LogP contribution < -0.4 is 10.6 Å². The fourth-order valence-electron chi connectivity index (χ4n) is 2.55. The molecule has 0 unspecified atom stereocenters. The maximum Gasteiger partial charge on any atom is 0.305 e. The standard InChI is InChI=1S/C20H36N2O6.3CH4/c1-27-19(25)13-7-5-11-17(23)21-15-9-3-4-10-16-22-18(24)12-6-8-14-20(26)28-2;;;/h3-16H2,1-2H3,(H,21,23)(H,22,24);3*1H4. The van der Waals surface area contributed by atoms with Crippen LogP contribution in [0.3, 0.4) is 0 Å². The van der Waals surface area contributed by atoms with Crippen molar-refractivity contribution in [1.82, 2.24) is 10.6 Å². The second-order valence-corrected chi connectivity index (χ2v) is 6.68. The van der Waals surface area contributed by atoms with Crippen LogP contribution in [0.5, 0.6) is 0 Å². The van der Waals surface area contributed by atoms with Gasteiger partial charge in [-0.1, -0.05) is 35.1 Å². The maximum absolute atomic E-state index is 11.6. The van der Waals surface area contributed by atoms with E-state index in [0.717, 1.165) is 25.7 Å². The molecule has 2 amide bonds. The van der Waals surface area contributed by atoms with Crippen LogP contribution in [0.4, 0.5) is 0 Å². The van der Waals surface area contributed by atoms with Gasteiger partial charge in [0.05, 0.1) is 14.2 Å². The van der Waals surface area contributed by atoms with E-state index in [1.165, 1.54) is 14.2 Å². The Bertz CT molecular complexity index is 427. The van der Waals surface area contributed by atoms with Gasteiger partial charge in [-0.05, 0) is 38.5 Å². The number of unbranched alkanes of at least 4 members (excludes halogenated alkanes) is 5. The first-order chi connectivity index (χ1) is 13.5. The number of hydrogen-bond acceptors (Lipinski definition) is 6. The Morgan fingerprint density at radius 2 is 0.839 bits per heavy atom. The molecule has 0 bridgehead atoms. The molecule has 0 saturated heterocycles. The molecule has 8 heteroatoms. The first-order valence-electron chi connectivity index (χ1n) is 10.2. The van der Waals surface area contributed by atoms with Gasteiger partial charge in [-0.3, -0.25) is 19.2 Å². The maximum atomic E-state index is 11.6. The minimum Gasteiger partial charge on any atom is -0.469 e. The van der Waals surface area contributed by atoms with E-state index in [0.29, 0.717) is 64.5 Å². The third-order valence-corrected chi connectivity index (χ3v) is 4.27. The number of nitrogens with one attached hydrogen (secondary N) is 2. The first kappa shape index (κ1) is 36.3. The smallest absolute Gasteiger partial charge is 0.305 e. The Hall–Kier alpha value is -2.12. The predicted octanol–water partition coefficient (Wildman–Crippen LogP) is 4.15. The van der Waals surface area contributed by atoms with Crippen molar-refractivity contribution in [3.63, 3.8) is 0 Å². The Balaban J connectivity index is -0.00000121. The number of methoxy groups -OCH3 is 2. The Morgan fingerprint density at radius 1 is 0.516 bits per heavy atom. The predicted molar refractivity (Wildman–Crippen MR) is 126 cm³/mol. The summed E-state index contributed by atoms with van der Waals surface area (Å²) in [6.45, 7) is 1.31. The first-order valence-corrected chi connectivity index (χ1v) is 10.2. The SMILES string of the molecule is C.C.C.COC(=O)CCCCC(=O)NCCCCCCNC(=O)CCCCC(=O)OC. The van der Waals surface area contributed by atoms with Gasteiger partial charge in [-0.2, -0.15) is 0 Å². The summed E-state index contributed by atoms with van der Waals surface area (Å²) in [7, 11) is 2.72. The largest absolute Gasteiger partial charge is 0.469 e. The van der Waals surface area contributed by atoms with Gasteiger partial charge in [0.25, 0.3) is 0 Å². The molecular weight excluding hydrogens is 400 g/mol. The molecule has 0 aromatic rings. The molecule has 8 nitrogen and oxygen atoms in total. The zero-order valence-corrected chi connectivity index (χ0v) is 17.3. The number of carbonyl (C=O) groups is 4. The molecule has 0 radical (unpaired) electrons. The van der Waals surface area contributed by atoms with Crippen molar-refractivity contribution in [2.75, 3.05) is 27.3 Å². The quantitative estimate of drug-likeness (QED) is 0.255. The molecule has 0 saturated carbocycles. The van der Waals surface area contributed by atoms with Crippen molar-refractivity contribution in [3.8, 4) is 0 Å². The highest BCUT2D eigenvalue weighted by molar-refractivity contribution is 5.76. The number of rotatable bonds is 17. The van der Waals surface area contributed by atoms with E-state index in [4.69, 9.17) is 0 Å². The van der Waals surface area contributed by atoms with Crippen LogP contribution in [0.1, 0.15) is 99.3 Å². The summed E-state index contributed by atoms with van der Waals surface area (Å²) in [5.74, 6) is -0.445. The van der Waals surface area contributed by atoms with Crippen LogP contribution in [0, 0.1) is 0 Å². The fraction of sp³-hybridized carbons (Fsp3) is 0.826. The molecule has 0 heterocycles. The van der Waals surface area contributed by atoms with E-state index < -0.39 is 0 Å². The highest BCUT2D eigenvalue weighted by Gasteiger charge is 2.05. The van der Waals surface area contributed by atoms with Gasteiger partial charge in [0.2, 0.25) is 11.8 Å². The van der Waals surface area contributed by atoms with Gasteiger partial charge < -0.3 is 20.1 Å². The Morgan fingerprint density at radius 3 is 1.16 bits per heavy atom. The summed E-state index contributed by atoms with van der Waals surface area (Å²) in [5, 5.41) is 5.75. The van der Waals surface area contributed by atoms with Gasteiger partial charge >= 0.3 is 11.9 Å². The third kappa shape index (κ3) is 25.8. The molecule has 0 aliphatic rings. The molecule has 0 aromatic carbocycles. The summed E-state index contributed by atoms with van der Waals surface area (Å²) < 4.78 is 9.09. The third-order valence-electron chi connectivity index (χ3n) is 4.27. The number of amides is 2. The summed E-state index contributed by atoms with van der Waals surface area (Å²) in [6, 6.07) is 0. The van der Waals surface area contributed by atoms with Crippen LogP contribution in [-0.2, 0) is 28.7 Å². The molecule has 0 aromatic heterocycles. The van der Waals surface area contributed by atoms with Crippen LogP contribution in [0.2, 0.25) is 0 Å². The van der Waals surface area contributed by atoms with Crippen molar-refractivity contribution >= 4 is 23.8 Å². The highest BCUT2D eigenvalue weighted by Crippen LogP contribution is 2.03. The Labute approximate surface area is 190 Å².